The van der Waals surface area contributed by atoms with Crippen molar-refractivity contribution in [2.45, 2.75) is 60.8 Å². The number of aryl methyl sites for hydroxylation is 5. The number of hydrogen-bond donors (Lipinski definition) is 0. The predicted molar refractivity (Wildman–Crippen MR) is 209 cm³/mol. The van der Waals surface area contributed by atoms with E-state index in [-0.39, 0.29) is 26.5 Å². The average molecular weight is 864 g/mol. The second kappa shape index (κ2) is 13.5. The molecule has 0 amide bonds. The maximum absolute atomic E-state index is 6.48. The summed E-state index contributed by atoms with van der Waals surface area (Å²) in [6, 6.07) is 34.7. The maximum atomic E-state index is 6.48. The molecule has 1 aliphatic rings. The minimum atomic E-state index is 0. The first-order valence-electron chi connectivity index (χ1n) is 17.5. The van der Waals surface area contributed by atoms with Crippen molar-refractivity contribution in [1.29, 1.82) is 0 Å². The third-order valence-electron chi connectivity index (χ3n) is 9.95. The van der Waals surface area contributed by atoms with Crippen LogP contribution in [0.15, 0.2) is 104 Å². The number of imidazole rings is 1. The van der Waals surface area contributed by atoms with E-state index in [1.165, 1.54) is 33.4 Å². The molecule has 0 aliphatic carbocycles. The van der Waals surface area contributed by atoms with Gasteiger partial charge in [0.05, 0.1) is 5.69 Å². The quantitative estimate of drug-likeness (QED) is 0.156. The first-order chi connectivity index (χ1) is 24.5. The molecular weight excluding hydrogens is 822 g/mol. The summed E-state index contributed by atoms with van der Waals surface area (Å²) < 4.78 is 10.9. The smallest absolute Gasteiger partial charge is 0.217 e. The number of para-hydroxylation sites is 1. The minimum Gasteiger partial charge on any atom is -0.509 e. The molecular formula is C45H42N5OPt-3. The van der Waals surface area contributed by atoms with Crippen LogP contribution in [0.3, 0.4) is 0 Å². The van der Waals surface area contributed by atoms with Crippen LogP contribution in [0.4, 0.5) is 11.4 Å². The van der Waals surface area contributed by atoms with Crippen LogP contribution in [0.25, 0.3) is 33.4 Å². The van der Waals surface area contributed by atoms with Gasteiger partial charge >= 0.3 is 0 Å². The van der Waals surface area contributed by atoms with Crippen LogP contribution < -0.4 is 14.5 Å². The minimum absolute atomic E-state index is 0. The van der Waals surface area contributed by atoms with Crippen molar-refractivity contribution in [3.8, 4) is 23.1 Å². The van der Waals surface area contributed by atoms with Gasteiger partial charge in [-0.1, -0.05) is 62.7 Å². The van der Waals surface area contributed by atoms with Crippen LogP contribution in [0.2, 0.25) is 0 Å². The molecule has 7 heteroatoms. The van der Waals surface area contributed by atoms with E-state index >= 15 is 0 Å². The predicted octanol–water partition coefficient (Wildman–Crippen LogP) is 11.1. The van der Waals surface area contributed by atoms with E-state index in [0.29, 0.717) is 11.5 Å². The Morgan fingerprint density at radius 1 is 0.692 bits per heavy atom. The molecule has 8 rings (SSSR count). The fourth-order valence-corrected chi connectivity index (χ4v) is 7.17. The fourth-order valence-electron chi connectivity index (χ4n) is 7.17. The molecule has 0 bridgehead atoms. The van der Waals surface area contributed by atoms with Gasteiger partial charge in [0.25, 0.3) is 0 Å². The Hall–Kier alpha value is -5.06. The van der Waals surface area contributed by atoms with Gasteiger partial charge in [0, 0.05) is 56.2 Å². The molecule has 3 heterocycles. The number of hydrogen-bond acceptors (Lipinski definition) is 4. The molecule has 0 radical (unpaired) electrons. The summed E-state index contributed by atoms with van der Waals surface area (Å²) in [6.07, 6.45) is 8.04. The molecule has 1 aliphatic heterocycles. The summed E-state index contributed by atoms with van der Waals surface area (Å²) in [5.74, 6) is 2.02. The monoisotopic (exact) mass is 863 g/mol. The van der Waals surface area contributed by atoms with Gasteiger partial charge in [0.1, 0.15) is 0 Å². The van der Waals surface area contributed by atoms with Gasteiger partial charge in [0.2, 0.25) is 5.95 Å². The van der Waals surface area contributed by atoms with Crippen LogP contribution >= 0.6 is 0 Å². The van der Waals surface area contributed by atoms with E-state index in [9.17, 15) is 0 Å². The molecule has 0 N–H and O–H groups in total. The zero-order valence-corrected chi connectivity index (χ0v) is 33.1. The third-order valence-corrected chi connectivity index (χ3v) is 9.95. The van der Waals surface area contributed by atoms with Crippen LogP contribution in [0.5, 0.6) is 11.5 Å². The molecule has 0 saturated carbocycles. The Balaban J connectivity index is 0.00000420. The SMILES string of the molecule is Cc1cc(C)c(N2C=CN(c3[c-]c(Oc4[c-]c5c(cc4)c4ccccc4n5-c4nccn4-c4c(C)cc(C(C)(C)C)cc4C)ccc3)[CH-]2)cc1C.[Pt]. The molecule has 52 heavy (non-hydrogen) atoms. The van der Waals surface area contributed by atoms with E-state index in [1.54, 1.807) is 0 Å². The summed E-state index contributed by atoms with van der Waals surface area (Å²) in [4.78, 5) is 9.15. The van der Waals surface area contributed by atoms with E-state index in [1.807, 2.05) is 36.7 Å². The topological polar surface area (TPSA) is 38.5 Å². The molecule has 266 valence electrons. The van der Waals surface area contributed by atoms with Crippen molar-refractivity contribution in [2.24, 2.45) is 0 Å². The van der Waals surface area contributed by atoms with Crippen LogP contribution in [0, 0.1) is 53.4 Å². The molecule has 5 aromatic carbocycles. The zero-order chi connectivity index (χ0) is 35.6. The fraction of sp³-hybridized carbons (Fsp3) is 0.200. The van der Waals surface area contributed by atoms with Crippen molar-refractivity contribution in [3.05, 3.63) is 156 Å². The van der Waals surface area contributed by atoms with Crippen molar-refractivity contribution in [1.82, 2.24) is 14.1 Å². The van der Waals surface area contributed by atoms with Gasteiger partial charge in [-0.25, -0.2) is 4.98 Å². The maximum Gasteiger partial charge on any atom is 0.217 e. The van der Waals surface area contributed by atoms with Crippen molar-refractivity contribution in [2.75, 3.05) is 9.80 Å². The largest absolute Gasteiger partial charge is 0.509 e. The summed E-state index contributed by atoms with van der Waals surface area (Å²) in [5, 5.41) is 2.22. The van der Waals surface area contributed by atoms with Crippen molar-refractivity contribution in [3.63, 3.8) is 0 Å². The molecule has 0 unspecified atom stereocenters. The number of nitrogens with zero attached hydrogens (tertiary/aromatic N) is 5. The van der Waals surface area contributed by atoms with Crippen molar-refractivity contribution >= 4 is 33.2 Å². The average Bonchev–Trinajstić information content (AvgIpc) is 3.84. The molecule has 0 fully saturated rings. The number of aromatic nitrogens is 3. The van der Waals surface area contributed by atoms with Crippen LogP contribution in [0.1, 0.15) is 54.2 Å². The summed E-state index contributed by atoms with van der Waals surface area (Å²) in [5.41, 5.74) is 12.7. The van der Waals surface area contributed by atoms with Crippen molar-refractivity contribution < 1.29 is 25.8 Å². The number of anilines is 2. The number of fused-ring (bicyclic) bond motifs is 3. The van der Waals surface area contributed by atoms with Gasteiger partial charge < -0.3 is 19.1 Å². The molecule has 2 aromatic heterocycles. The third kappa shape index (κ3) is 6.24. The van der Waals surface area contributed by atoms with E-state index in [0.717, 1.165) is 44.8 Å². The van der Waals surface area contributed by atoms with E-state index < -0.39 is 0 Å². The van der Waals surface area contributed by atoms with Gasteiger partial charge in [0.15, 0.2) is 0 Å². The number of benzene rings is 5. The van der Waals surface area contributed by atoms with Gasteiger partial charge in [-0.15, -0.1) is 48.1 Å². The Bertz CT molecular complexity index is 2480. The Morgan fingerprint density at radius 2 is 1.40 bits per heavy atom. The summed E-state index contributed by atoms with van der Waals surface area (Å²) in [7, 11) is 0. The second-order valence-corrected chi connectivity index (χ2v) is 14.7. The first-order valence-corrected chi connectivity index (χ1v) is 17.5. The Kier molecular flexibility index (Phi) is 9.17. The van der Waals surface area contributed by atoms with Crippen LogP contribution in [-0.2, 0) is 26.5 Å². The number of rotatable bonds is 6. The van der Waals surface area contributed by atoms with E-state index in [4.69, 9.17) is 9.72 Å². The second-order valence-electron chi connectivity index (χ2n) is 14.7. The van der Waals surface area contributed by atoms with Crippen LogP contribution in [-0.4, -0.2) is 14.1 Å². The Labute approximate surface area is 321 Å². The summed E-state index contributed by atoms with van der Waals surface area (Å²) >= 11 is 0. The summed E-state index contributed by atoms with van der Waals surface area (Å²) in [6.45, 7) is 19.7. The molecule has 6 nitrogen and oxygen atoms in total. The zero-order valence-electron chi connectivity index (χ0n) is 30.9. The Morgan fingerprint density at radius 3 is 2.17 bits per heavy atom. The molecule has 0 spiro atoms. The normalized spacial score (nSPS) is 13.0. The first kappa shape index (κ1) is 35.3. The van der Waals surface area contributed by atoms with Gasteiger partial charge in [-0.3, -0.25) is 4.57 Å². The standard InChI is InChI=1S/C45H42N5O.Pt/c1-29-22-31(3)41(25-30(29)2)48-21-20-47(28-48)35-12-11-13-36(26-35)51-37-16-17-39-38-14-9-10-15-40(38)50(42(39)27-37)44-46-18-19-49(44)43-32(4)23-34(24-33(43)5)45(6,7)8;/h9-25,28H,1-8H3;/q-3;. The molecule has 0 saturated heterocycles. The van der Waals surface area contributed by atoms with E-state index in [2.05, 4.69) is 160 Å². The molecule has 0 atom stereocenters. The van der Waals surface area contributed by atoms with Gasteiger partial charge in [-0.05, 0) is 103 Å². The number of ether oxygens (including phenoxy) is 1. The van der Waals surface area contributed by atoms with Gasteiger partial charge in [-0.2, -0.15) is 12.1 Å². The molecule has 7 aromatic rings.